The van der Waals surface area contributed by atoms with Crippen LogP contribution in [0.4, 0.5) is 5.69 Å². The van der Waals surface area contributed by atoms with Crippen LogP contribution in [0.1, 0.15) is 13.3 Å². The lowest BCUT2D eigenvalue weighted by molar-refractivity contribution is 0.162. The molecule has 0 aliphatic rings. The molecule has 0 unspecified atom stereocenters. The number of rotatable bonds is 12. The zero-order valence-electron chi connectivity index (χ0n) is 16.7. The fourth-order valence-corrected chi connectivity index (χ4v) is 2.53. The number of guanidine groups is 1. The molecule has 150 valence electrons. The first kappa shape index (κ1) is 24.9. The Bertz CT molecular complexity index is 472. The average Bonchev–Trinajstić information content (AvgIpc) is 2.65. The van der Waals surface area contributed by atoms with Crippen molar-refractivity contribution in [3.05, 3.63) is 30.3 Å². The van der Waals surface area contributed by atoms with E-state index in [1.165, 1.54) is 5.69 Å². The highest BCUT2D eigenvalue weighted by molar-refractivity contribution is 14.0. The molecule has 0 saturated carbocycles. The normalized spacial score (nSPS) is 11.2. The number of ether oxygens (including phenoxy) is 1. The number of nitrogens with zero attached hydrogens (tertiary/aromatic N) is 3. The van der Waals surface area contributed by atoms with Gasteiger partial charge >= 0.3 is 0 Å². The van der Waals surface area contributed by atoms with Crippen molar-refractivity contribution in [1.82, 2.24) is 15.5 Å². The number of halogens is 1. The highest BCUT2D eigenvalue weighted by atomic mass is 127. The Balaban J connectivity index is 0.00000625. The molecule has 0 aromatic heterocycles. The Labute approximate surface area is 176 Å². The zero-order valence-corrected chi connectivity index (χ0v) is 19.0. The highest BCUT2D eigenvalue weighted by Gasteiger charge is 2.04. The lowest BCUT2D eigenvalue weighted by Crippen LogP contribution is -2.42. The molecule has 6 nitrogen and oxygen atoms in total. The molecule has 0 radical (unpaired) electrons. The van der Waals surface area contributed by atoms with Gasteiger partial charge in [-0.25, -0.2) is 0 Å². The molecule has 0 bridgehead atoms. The molecular formula is C19H36IN5O. The van der Waals surface area contributed by atoms with E-state index in [1.807, 2.05) is 7.05 Å². The zero-order chi connectivity index (χ0) is 18.3. The Kier molecular flexibility index (Phi) is 15.5. The molecule has 0 fully saturated rings. The van der Waals surface area contributed by atoms with E-state index in [0.717, 1.165) is 58.3 Å². The van der Waals surface area contributed by atoms with Gasteiger partial charge in [0.2, 0.25) is 0 Å². The van der Waals surface area contributed by atoms with Gasteiger partial charge in [-0.2, -0.15) is 0 Å². The molecule has 0 aliphatic carbocycles. The second kappa shape index (κ2) is 16.1. The number of aliphatic imine (C=N–C) groups is 1. The third-order valence-corrected chi connectivity index (χ3v) is 4.09. The van der Waals surface area contributed by atoms with Gasteiger partial charge in [-0.1, -0.05) is 18.2 Å². The van der Waals surface area contributed by atoms with E-state index in [0.29, 0.717) is 0 Å². The molecule has 1 aromatic carbocycles. The number of benzene rings is 1. The maximum atomic E-state index is 5.08. The summed E-state index contributed by atoms with van der Waals surface area (Å²) in [4.78, 5) is 8.91. The van der Waals surface area contributed by atoms with Crippen molar-refractivity contribution in [2.75, 3.05) is 72.0 Å². The van der Waals surface area contributed by atoms with Crippen LogP contribution in [0.2, 0.25) is 0 Å². The van der Waals surface area contributed by atoms with Crippen LogP contribution in [-0.4, -0.2) is 77.9 Å². The largest absolute Gasteiger partial charge is 0.383 e. The summed E-state index contributed by atoms with van der Waals surface area (Å²) in [5.41, 5.74) is 1.28. The lowest BCUT2D eigenvalue weighted by Gasteiger charge is -2.23. The van der Waals surface area contributed by atoms with Crippen LogP contribution in [0.15, 0.2) is 35.3 Å². The molecule has 0 amide bonds. The predicted octanol–water partition coefficient (Wildman–Crippen LogP) is 2.26. The molecule has 1 aromatic rings. The van der Waals surface area contributed by atoms with Crippen molar-refractivity contribution in [3.63, 3.8) is 0 Å². The van der Waals surface area contributed by atoms with Crippen LogP contribution in [0.25, 0.3) is 0 Å². The van der Waals surface area contributed by atoms with Gasteiger partial charge < -0.3 is 25.2 Å². The van der Waals surface area contributed by atoms with Gasteiger partial charge in [-0.15, -0.1) is 24.0 Å². The first-order chi connectivity index (χ1) is 12.2. The molecule has 2 N–H and O–H groups in total. The van der Waals surface area contributed by atoms with Gasteiger partial charge in [0.05, 0.1) is 6.61 Å². The Morgan fingerprint density at radius 3 is 2.38 bits per heavy atom. The van der Waals surface area contributed by atoms with Crippen molar-refractivity contribution < 1.29 is 4.74 Å². The molecule has 1 rings (SSSR count). The van der Waals surface area contributed by atoms with Crippen LogP contribution >= 0.6 is 24.0 Å². The summed E-state index contributed by atoms with van der Waals surface area (Å²) in [7, 11) is 5.64. The molecule has 26 heavy (non-hydrogen) atoms. The molecule has 7 heteroatoms. The molecule has 0 spiro atoms. The van der Waals surface area contributed by atoms with Crippen LogP contribution in [0.5, 0.6) is 0 Å². The van der Waals surface area contributed by atoms with Crippen molar-refractivity contribution in [1.29, 1.82) is 0 Å². The van der Waals surface area contributed by atoms with E-state index in [9.17, 15) is 0 Å². The monoisotopic (exact) mass is 477 g/mol. The van der Waals surface area contributed by atoms with Crippen molar-refractivity contribution in [3.8, 4) is 0 Å². The molecular weight excluding hydrogens is 441 g/mol. The number of likely N-dealkylation sites (N-methyl/N-ethyl adjacent to an activating group) is 1. The molecule has 0 atom stereocenters. The predicted molar refractivity (Wildman–Crippen MR) is 123 cm³/mol. The number of para-hydroxylation sites is 1. The van der Waals surface area contributed by atoms with E-state index in [4.69, 9.17) is 4.74 Å². The Morgan fingerprint density at radius 2 is 1.77 bits per heavy atom. The number of hydrogen-bond donors (Lipinski definition) is 2. The molecule has 0 saturated heterocycles. The van der Waals surface area contributed by atoms with E-state index >= 15 is 0 Å². The topological polar surface area (TPSA) is 52.1 Å². The van der Waals surface area contributed by atoms with E-state index in [1.54, 1.807) is 7.11 Å². The number of methoxy groups -OCH3 is 1. The Hall–Kier alpha value is -1.06. The van der Waals surface area contributed by atoms with E-state index in [-0.39, 0.29) is 24.0 Å². The van der Waals surface area contributed by atoms with Gasteiger partial charge in [0, 0.05) is 59.1 Å². The Morgan fingerprint density at radius 1 is 1.08 bits per heavy atom. The summed E-state index contributed by atoms with van der Waals surface area (Å²) in [6.07, 6.45) is 1.07. The van der Waals surface area contributed by atoms with Crippen molar-refractivity contribution >= 4 is 35.6 Å². The SMILES string of the molecule is CCN(CCCNC(=NC)NCCN(C)CCOC)c1ccccc1.I. The summed E-state index contributed by atoms with van der Waals surface area (Å²) in [6, 6.07) is 10.6. The first-order valence-electron chi connectivity index (χ1n) is 9.13. The summed E-state index contributed by atoms with van der Waals surface area (Å²) >= 11 is 0. The van der Waals surface area contributed by atoms with Crippen molar-refractivity contribution in [2.45, 2.75) is 13.3 Å². The maximum Gasteiger partial charge on any atom is 0.191 e. The van der Waals surface area contributed by atoms with Crippen LogP contribution in [0.3, 0.4) is 0 Å². The minimum Gasteiger partial charge on any atom is -0.383 e. The minimum absolute atomic E-state index is 0. The van der Waals surface area contributed by atoms with Crippen molar-refractivity contribution in [2.24, 2.45) is 4.99 Å². The van der Waals surface area contributed by atoms with Gasteiger partial charge in [0.1, 0.15) is 0 Å². The van der Waals surface area contributed by atoms with Gasteiger partial charge in [0.25, 0.3) is 0 Å². The number of anilines is 1. The van der Waals surface area contributed by atoms with Crippen LogP contribution in [0, 0.1) is 0 Å². The second-order valence-corrected chi connectivity index (χ2v) is 5.99. The third kappa shape index (κ3) is 10.8. The lowest BCUT2D eigenvalue weighted by atomic mass is 10.2. The summed E-state index contributed by atoms with van der Waals surface area (Å²) < 4.78 is 5.08. The highest BCUT2D eigenvalue weighted by Crippen LogP contribution is 2.12. The minimum atomic E-state index is 0. The number of nitrogens with one attached hydrogen (secondary N) is 2. The smallest absolute Gasteiger partial charge is 0.191 e. The van der Waals surface area contributed by atoms with Crippen LogP contribution < -0.4 is 15.5 Å². The third-order valence-electron chi connectivity index (χ3n) is 4.09. The molecule has 0 aliphatic heterocycles. The average molecular weight is 477 g/mol. The first-order valence-corrected chi connectivity index (χ1v) is 9.13. The quantitative estimate of drug-likeness (QED) is 0.209. The summed E-state index contributed by atoms with van der Waals surface area (Å²) in [6.45, 7) is 8.68. The standard InChI is InChI=1S/C19H35N5O.HI/c1-5-24(18-10-7-6-8-11-18)14-9-12-21-19(20-2)22-13-15-23(3)16-17-25-4;/h6-8,10-11H,5,9,12-17H2,1-4H3,(H2,20,21,22);1H. The van der Waals surface area contributed by atoms with E-state index < -0.39 is 0 Å². The maximum absolute atomic E-state index is 5.08. The van der Waals surface area contributed by atoms with Gasteiger partial charge in [-0.05, 0) is 32.5 Å². The van der Waals surface area contributed by atoms with Gasteiger partial charge in [0.15, 0.2) is 5.96 Å². The second-order valence-electron chi connectivity index (χ2n) is 5.99. The van der Waals surface area contributed by atoms with Crippen LogP contribution in [-0.2, 0) is 4.74 Å². The summed E-state index contributed by atoms with van der Waals surface area (Å²) in [5, 5.41) is 6.74. The summed E-state index contributed by atoms with van der Waals surface area (Å²) in [5.74, 6) is 0.864. The molecule has 0 heterocycles. The fraction of sp³-hybridized carbons (Fsp3) is 0.632. The van der Waals surface area contributed by atoms with E-state index in [2.05, 4.69) is 69.7 Å². The van der Waals surface area contributed by atoms with Gasteiger partial charge in [-0.3, -0.25) is 4.99 Å². The number of hydrogen-bond acceptors (Lipinski definition) is 4. The fourth-order valence-electron chi connectivity index (χ4n) is 2.53.